The average Bonchev–Trinajstić information content (AvgIpc) is 2.95. The highest BCUT2D eigenvalue weighted by Crippen LogP contribution is 2.32. The first-order valence-electron chi connectivity index (χ1n) is 7.98. The number of nitrogens with one attached hydrogen (secondary N) is 1. The van der Waals surface area contributed by atoms with Gasteiger partial charge in [0.25, 0.3) is 0 Å². The quantitative estimate of drug-likeness (QED) is 0.880. The van der Waals surface area contributed by atoms with E-state index in [1.807, 2.05) is 11.3 Å². The van der Waals surface area contributed by atoms with E-state index < -0.39 is 0 Å². The van der Waals surface area contributed by atoms with Gasteiger partial charge in [-0.1, -0.05) is 31.2 Å². The number of thiophene rings is 1. The highest BCUT2D eigenvalue weighted by Gasteiger charge is 2.17. The molecule has 21 heavy (non-hydrogen) atoms. The van der Waals surface area contributed by atoms with Gasteiger partial charge in [-0.15, -0.1) is 11.3 Å². The summed E-state index contributed by atoms with van der Waals surface area (Å²) >= 11 is 1.81. The first-order chi connectivity index (χ1) is 10.4. The highest BCUT2D eigenvalue weighted by molar-refractivity contribution is 7.13. The lowest BCUT2D eigenvalue weighted by atomic mass is 10.1. The zero-order chi connectivity index (χ0) is 14.5. The molecular formula is C18H24N2S. The Morgan fingerprint density at radius 1 is 1.14 bits per heavy atom. The van der Waals surface area contributed by atoms with Crippen LogP contribution in [0.15, 0.2) is 41.8 Å². The summed E-state index contributed by atoms with van der Waals surface area (Å²) < 4.78 is 0. The van der Waals surface area contributed by atoms with Gasteiger partial charge in [-0.25, -0.2) is 0 Å². The van der Waals surface area contributed by atoms with Gasteiger partial charge in [0, 0.05) is 28.7 Å². The number of benzene rings is 1. The molecule has 1 aromatic carbocycles. The molecule has 1 aliphatic heterocycles. The Labute approximate surface area is 131 Å². The molecule has 112 valence electrons. The Hall–Kier alpha value is -1.32. The molecule has 1 fully saturated rings. The zero-order valence-electron chi connectivity index (χ0n) is 12.7. The number of rotatable bonds is 4. The lowest BCUT2D eigenvalue weighted by Gasteiger charge is -2.20. The number of hydrogen-bond donors (Lipinski definition) is 1. The van der Waals surface area contributed by atoms with Crippen molar-refractivity contribution >= 4 is 17.0 Å². The topological polar surface area (TPSA) is 15.3 Å². The van der Waals surface area contributed by atoms with E-state index in [9.17, 15) is 0 Å². The van der Waals surface area contributed by atoms with Gasteiger partial charge in [-0.3, -0.25) is 0 Å². The van der Waals surface area contributed by atoms with Crippen LogP contribution in [0.2, 0.25) is 0 Å². The maximum Gasteiger partial charge on any atom is 0.0430 e. The van der Waals surface area contributed by atoms with Crippen molar-refractivity contribution in [2.45, 2.75) is 32.2 Å². The lowest BCUT2D eigenvalue weighted by Crippen LogP contribution is -2.26. The number of hydrogen-bond acceptors (Lipinski definition) is 3. The van der Waals surface area contributed by atoms with Crippen molar-refractivity contribution in [1.29, 1.82) is 0 Å². The Balaban J connectivity index is 1.73. The number of nitrogens with zero attached hydrogens (tertiary/aromatic N) is 1. The third kappa shape index (κ3) is 3.66. The van der Waals surface area contributed by atoms with E-state index in [1.165, 1.54) is 55.0 Å². The standard InChI is InChI=1S/C18H24N2S/c1-2-20-12-5-7-15(11-13-20)19-17-9-4-3-8-16(17)18-10-6-14-21-18/h3-4,6,8-10,14-15,19H,2,5,7,11-13H2,1H3. The molecule has 3 rings (SSSR count). The van der Waals surface area contributed by atoms with Crippen molar-refractivity contribution in [1.82, 2.24) is 4.90 Å². The minimum Gasteiger partial charge on any atom is -0.382 e. The molecule has 1 unspecified atom stereocenters. The fourth-order valence-electron chi connectivity index (χ4n) is 3.09. The summed E-state index contributed by atoms with van der Waals surface area (Å²) in [6, 6.07) is 13.6. The second-order valence-electron chi connectivity index (χ2n) is 5.73. The van der Waals surface area contributed by atoms with Gasteiger partial charge < -0.3 is 10.2 Å². The molecule has 1 N–H and O–H groups in total. The molecule has 2 nitrogen and oxygen atoms in total. The first kappa shape index (κ1) is 14.6. The maximum absolute atomic E-state index is 3.80. The van der Waals surface area contributed by atoms with Crippen LogP contribution in [0.4, 0.5) is 5.69 Å². The van der Waals surface area contributed by atoms with Crippen LogP contribution in [0.25, 0.3) is 10.4 Å². The molecule has 3 heteroatoms. The van der Waals surface area contributed by atoms with E-state index in [1.54, 1.807) is 0 Å². The Morgan fingerprint density at radius 2 is 2.05 bits per heavy atom. The van der Waals surface area contributed by atoms with E-state index in [2.05, 4.69) is 58.9 Å². The molecule has 0 bridgehead atoms. The first-order valence-corrected chi connectivity index (χ1v) is 8.86. The fourth-order valence-corrected chi connectivity index (χ4v) is 3.86. The molecule has 1 saturated heterocycles. The smallest absolute Gasteiger partial charge is 0.0430 e. The lowest BCUT2D eigenvalue weighted by molar-refractivity contribution is 0.300. The predicted octanol–water partition coefficient (Wildman–Crippen LogP) is 4.70. The SMILES string of the molecule is CCN1CCCC(Nc2ccccc2-c2cccs2)CC1. The number of likely N-dealkylation sites (tertiary alicyclic amines) is 1. The predicted molar refractivity (Wildman–Crippen MR) is 93.1 cm³/mol. The molecule has 2 heterocycles. The molecule has 0 saturated carbocycles. The van der Waals surface area contributed by atoms with Crippen LogP contribution in [-0.2, 0) is 0 Å². The largest absolute Gasteiger partial charge is 0.382 e. The Kier molecular flexibility index (Phi) is 4.94. The van der Waals surface area contributed by atoms with E-state index in [-0.39, 0.29) is 0 Å². The summed E-state index contributed by atoms with van der Waals surface area (Å²) in [4.78, 5) is 3.91. The zero-order valence-corrected chi connectivity index (χ0v) is 13.5. The van der Waals surface area contributed by atoms with Gasteiger partial charge >= 0.3 is 0 Å². The van der Waals surface area contributed by atoms with Crippen molar-refractivity contribution in [3.8, 4) is 10.4 Å². The number of anilines is 1. The maximum atomic E-state index is 3.80. The van der Waals surface area contributed by atoms with Gasteiger partial charge in [0.2, 0.25) is 0 Å². The van der Waals surface area contributed by atoms with Gasteiger partial charge in [-0.05, 0) is 49.9 Å². The fraction of sp³-hybridized carbons (Fsp3) is 0.444. The van der Waals surface area contributed by atoms with Gasteiger partial charge in [0.15, 0.2) is 0 Å². The summed E-state index contributed by atoms with van der Waals surface area (Å²) in [5.41, 5.74) is 2.62. The van der Waals surface area contributed by atoms with E-state index in [4.69, 9.17) is 0 Å². The summed E-state index contributed by atoms with van der Waals surface area (Å²) in [7, 11) is 0. The summed E-state index contributed by atoms with van der Waals surface area (Å²) in [5.74, 6) is 0. The molecule has 2 aromatic rings. The van der Waals surface area contributed by atoms with Crippen LogP contribution in [0.3, 0.4) is 0 Å². The van der Waals surface area contributed by atoms with Crippen molar-refractivity contribution < 1.29 is 0 Å². The molecule has 1 aliphatic rings. The van der Waals surface area contributed by atoms with E-state index in [0.29, 0.717) is 6.04 Å². The minimum atomic E-state index is 0.600. The second-order valence-corrected chi connectivity index (χ2v) is 6.68. The average molecular weight is 300 g/mol. The van der Waals surface area contributed by atoms with Gasteiger partial charge in [0.05, 0.1) is 0 Å². The molecule has 1 aromatic heterocycles. The third-order valence-electron chi connectivity index (χ3n) is 4.34. The number of para-hydroxylation sites is 1. The van der Waals surface area contributed by atoms with Crippen LogP contribution < -0.4 is 5.32 Å². The summed E-state index contributed by atoms with van der Waals surface area (Å²) in [6.07, 6.45) is 3.81. The molecule has 0 radical (unpaired) electrons. The molecule has 0 amide bonds. The van der Waals surface area contributed by atoms with Crippen molar-refractivity contribution in [2.24, 2.45) is 0 Å². The van der Waals surface area contributed by atoms with Gasteiger partial charge in [-0.2, -0.15) is 0 Å². The van der Waals surface area contributed by atoms with Crippen LogP contribution in [0.1, 0.15) is 26.2 Å². The van der Waals surface area contributed by atoms with E-state index >= 15 is 0 Å². The second kappa shape index (κ2) is 7.10. The van der Waals surface area contributed by atoms with Crippen molar-refractivity contribution in [3.63, 3.8) is 0 Å². The molecule has 1 atom stereocenters. The minimum absolute atomic E-state index is 0.600. The van der Waals surface area contributed by atoms with Crippen LogP contribution in [-0.4, -0.2) is 30.6 Å². The monoisotopic (exact) mass is 300 g/mol. The van der Waals surface area contributed by atoms with Crippen LogP contribution in [0, 0.1) is 0 Å². The summed E-state index contributed by atoms with van der Waals surface area (Å²) in [5, 5.41) is 5.95. The van der Waals surface area contributed by atoms with Crippen LogP contribution >= 0.6 is 11.3 Å². The Morgan fingerprint density at radius 3 is 2.86 bits per heavy atom. The molecule has 0 spiro atoms. The van der Waals surface area contributed by atoms with Crippen LogP contribution in [0.5, 0.6) is 0 Å². The third-order valence-corrected chi connectivity index (χ3v) is 5.24. The van der Waals surface area contributed by atoms with Gasteiger partial charge in [0.1, 0.15) is 0 Å². The molecular weight excluding hydrogens is 276 g/mol. The molecule has 0 aliphatic carbocycles. The van der Waals surface area contributed by atoms with Crippen molar-refractivity contribution in [2.75, 3.05) is 25.0 Å². The highest BCUT2D eigenvalue weighted by atomic mass is 32.1. The van der Waals surface area contributed by atoms with E-state index in [0.717, 1.165) is 0 Å². The summed E-state index contributed by atoms with van der Waals surface area (Å²) in [6.45, 7) is 5.91. The Bertz CT molecular complexity index is 550. The normalized spacial score (nSPS) is 20.1. The van der Waals surface area contributed by atoms with Crippen molar-refractivity contribution in [3.05, 3.63) is 41.8 Å².